The van der Waals surface area contributed by atoms with E-state index in [9.17, 15) is 4.79 Å². The highest BCUT2D eigenvalue weighted by Gasteiger charge is 2.08. The van der Waals surface area contributed by atoms with E-state index in [-0.39, 0.29) is 5.56 Å². The molecule has 0 saturated carbocycles. The molecule has 0 aliphatic heterocycles. The molecule has 0 fully saturated rings. The van der Waals surface area contributed by atoms with Gasteiger partial charge >= 0.3 is 0 Å². The lowest BCUT2D eigenvalue weighted by Gasteiger charge is -2.09. The van der Waals surface area contributed by atoms with Gasteiger partial charge in [0.2, 0.25) is 0 Å². The average molecular weight is 282 g/mol. The molecule has 2 N–H and O–H groups in total. The molecule has 0 aliphatic carbocycles. The van der Waals surface area contributed by atoms with Crippen LogP contribution in [0.4, 0.5) is 0 Å². The van der Waals surface area contributed by atoms with Crippen LogP contribution in [0.25, 0.3) is 11.0 Å². The molecule has 98 valence electrons. The SMILES string of the molecule is N#Cc1ccccc1Cn1c(=S)[nH]c(=O)c2[nH]ccc21. The zero-order valence-electron chi connectivity index (χ0n) is 10.4. The maximum Gasteiger partial charge on any atom is 0.276 e. The zero-order valence-corrected chi connectivity index (χ0v) is 11.2. The fourth-order valence-electron chi connectivity index (χ4n) is 2.20. The van der Waals surface area contributed by atoms with Crippen LogP contribution in [0.3, 0.4) is 0 Å². The molecule has 0 saturated heterocycles. The van der Waals surface area contributed by atoms with Crippen molar-refractivity contribution in [2.24, 2.45) is 0 Å². The largest absolute Gasteiger partial charge is 0.355 e. The summed E-state index contributed by atoms with van der Waals surface area (Å²) >= 11 is 5.22. The van der Waals surface area contributed by atoms with Gasteiger partial charge in [0.25, 0.3) is 5.56 Å². The van der Waals surface area contributed by atoms with Gasteiger partial charge in [-0.1, -0.05) is 18.2 Å². The second-order valence-corrected chi connectivity index (χ2v) is 4.74. The van der Waals surface area contributed by atoms with E-state index in [4.69, 9.17) is 17.5 Å². The smallest absolute Gasteiger partial charge is 0.276 e. The molecule has 1 aromatic carbocycles. The maximum absolute atomic E-state index is 11.8. The lowest BCUT2D eigenvalue weighted by Crippen LogP contribution is -2.15. The molecular weight excluding hydrogens is 272 g/mol. The Balaban J connectivity index is 2.22. The van der Waals surface area contributed by atoms with Gasteiger partial charge in [0.1, 0.15) is 5.52 Å². The number of nitrogens with one attached hydrogen (secondary N) is 2. The van der Waals surface area contributed by atoms with Crippen molar-refractivity contribution in [1.82, 2.24) is 14.5 Å². The molecule has 2 aromatic heterocycles. The Morgan fingerprint density at radius 1 is 1.30 bits per heavy atom. The third kappa shape index (κ3) is 1.94. The highest BCUT2D eigenvalue weighted by Crippen LogP contribution is 2.14. The summed E-state index contributed by atoms with van der Waals surface area (Å²) in [5.41, 5.74) is 2.43. The second-order valence-electron chi connectivity index (χ2n) is 4.35. The zero-order chi connectivity index (χ0) is 14.1. The first kappa shape index (κ1) is 12.4. The van der Waals surface area contributed by atoms with E-state index in [1.807, 2.05) is 18.2 Å². The van der Waals surface area contributed by atoms with Gasteiger partial charge in [-0.25, -0.2) is 0 Å². The summed E-state index contributed by atoms with van der Waals surface area (Å²) in [6.45, 7) is 0.438. The topological polar surface area (TPSA) is 77.4 Å². The molecule has 0 atom stereocenters. The number of fused-ring (bicyclic) bond motifs is 1. The Kier molecular flexibility index (Phi) is 2.97. The van der Waals surface area contributed by atoms with Gasteiger partial charge in [-0.05, 0) is 29.9 Å². The van der Waals surface area contributed by atoms with Crippen molar-refractivity contribution in [3.63, 3.8) is 0 Å². The third-order valence-electron chi connectivity index (χ3n) is 3.17. The van der Waals surface area contributed by atoms with Crippen molar-refractivity contribution in [3.8, 4) is 6.07 Å². The van der Waals surface area contributed by atoms with Gasteiger partial charge in [-0.15, -0.1) is 0 Å². The van der Waals surface area contributed by atoms with Crippen molar-refractivity contribution < 1.29 is 0 Å². The van der Waals surface area contributed by atoms with Gasteiger partial charge < -0.3 is 9.55 Å². The Bertz CT molecular complexity index is 942. The summed E-state index contributed by atoms with van der Waals surface area (Å²) in [5.74, 6) is 0. The number of nitriles is 1. The van der Waals surface area contributed by atoms with E-state index in [1.165, 1.54) is 0 Å². The Morgan fingerprint density at radius 3 is 2.90 bits per heavy atom. The number of rotatable bonds is 2. The normalized spacial score (nSPS) is 10.6. The number of hydrogen-bond donors (Lipinski definition) is 2. The molecule has 2 heterocycles. The van der Waals surface area contributed by atoms with Gasteiger partial charge in [-0.3, -0.25) is 9.78 Å². The molecule has 5 nitrogen and oxygen atoms in total. The summed E-state index contributed by atoms with van der Waals surface area (Å²) < 4.78 is 2.15. The van der Waals surface area contributed by atoms with Gasteiger partial charge in [0.15, 0.2) is 4.77 Å². The van der Waals surface area contributed by atoms with Crippen molar-refractivity contribution >= 4 is 23.3 Å². The summed E-state index contributed by atoms with van der Waals surface area (Å²) in [7, 11) is 0. The van der Waals surface area contributed by atoms with Crippen molar-refractivity contribution in [3.05, 3.63) is 62.8 Å². The van der Waals surface area contributed by atoms with Crippen molar-refractivity contribution in [2.45, 2.75) is 6.54 Å². The Morgan fingerprint density at radius 2 is 2.10 bits per heavy atom. The van der Waals surface area contributed by atoms with Crippen LogP contribution < -0.4 is 5.56 Å². The van der Waals surface area contributed by atoms with Crippen LogP contribution >= 0.6 is 12.2 Å². The summed E-state index contributed by atoms with van der Waals surface area (Å²) in [6, 6.07) is 11.3. The molecular formula is C14H10N4OS. The van der Waals surface area contributed by atoms with Crippen LogP contribution in [0.2, 0.25) is 0 Å². The first-order valence-electron chi connectivity index (χ1n) is 5.99. The molecule has 0 radical (unpaired) electrons. The predicted octanol–water partition coefficient (Wildman–Crippen LogP) is 2.31. The van der Waals surface area contributed by atoms with Crippen LogP contribution in [0, 0.1) is 16.1 Å². The molecule has 6 heteroatoms. The van der Waals surface area contributed by atoms with Crippen LogP contribution in [0.1, 0.15) is 11.1 Å². The minimum absolute atomic E-state index is 0.236. The number of H-pyrrole nitrogens is 2. The fourth-order valence-corrected chi connectivity index (χ4v) is 2.45. The highest BCUT2D eigenvalue weighted by molar-refractivity contribution is 7.71. The van der Waals surface area contributed by atoms with Gasteiger partial charge in [0.05, 0.1) is 23.7 Å². The predicted molar refractivity (Wildman–Crippen MR) is 78.0 cm³/mol. The molecule has 0 aliphatic rings. The van der Waals surface area contributed by atoms with Gasteiger partial charge in [0, 0.05) is 6.20 Å². The monoisotopic (exact) mass is 282 g/mol. The maximum atomic E-state index is 11.8. The molecule has 0 amide bonds. The highest BCUT2D eigenvalue weighted by atomic mass is 32.1. The number of aromatic amines is 2. The molecule has 0 bridgehead atoms. The first-order valence-corrected chi connectivity index (χ1v) is 6.40. The van der Waals surface area contributed by atoms with E-state index < -0.39 is 0 Å². The summed E-state index contributed by atoms with van der Waals surface area (Å²) in [4.78, 5) is 17.3. The van der Waals surface area contributed by atoms with E-state index >= 15 is 0 Å². The standard InChI is InChI=1S/C14H10N4OS/c15-7-9-3-1-2-4-10(9)8-18-11-5-6-16-12(11)13(19)17-14(18)20/h1-6,16H,8H2,(H,17,19,20). The van der Waals surface area contributed by atoms with Crippen LogP contribution in [0.15, 0.2) is 41.3 Å². The molecule has 0 unspecified atom stereocenters. The lowest BCUT2D eigenvalue weighted by molar-refractivity contribution is 0.781. The quantitative estimate of drug-likeness (QED) is 0.708. The summed E-state index contributed by atoms with van der Waals surface area (Å²) in [6.07, 6.45) is 1.70. The number of aromatic nitrogens is 3. The summed E-state index contributed by atoms with van der Waals surface area (Å²) in [5, 5.41) is 9.13. The minimum atomic E-state index is -0.236. The van der Waals surface area contributed by atoms with Crippen molar-refractivity contribution in [1.29, 1.82) is 5.26 Å². The van der Waals surface area contributed by atoms with Crippen LogP contribution in [-0.4, -0.2) is 14.5 Å². The third-order valence-corrected chi connectivity index (χ3v) is 3.50. The second kappa shape index (κ2) is 4.79. The molecule has 20 heavy (non-hydrogen) atoms. The number of hydrogen-bond acceptors (Lipinski definition) is 3. The number of benzene rings is 1. The van der Waals surface area contributed by atoms with E-state index in [0.29, 0.717) is 22.4 Å². The minimum Gasteiger partial charge on any atom is -0.355 e. The number of nitrogens with zero attached hydrogens (tertiary/aromatic N) is 2. The lowest BCUT2D eigenvalue weighted by atomic mass is 10.1. The Labute approximate surface area is 119 Å². The first-order chi connectivity index (χ1) is 9.70. The van der Waals surface area contributed by atoms with Crippen molar-refractivity contribution in [2.75, 3.05) is 0 Å². The Hall–Kier alpha value is -2.65. The fraction of sp³-hybridized carbons (Fsp3) is 0.0714. The van der Waals surface area contributed by atoms with Gasteiger partial charge in [-0.2, -0.15) is 5.26 Å². The molecule has 3 rings (SSSR count). The van der Waals surface area contributed by atoms with E-state index in [1.54, 1.807) is 22.9 Å². The van der Waals surface area contributed by atoms with Crippen LogP contribution in [-0.2, 0) is 6.54 Å². The molecule has 3 aromatic rings. The van der Waals surface area contributed by atoms with Crippen LogP contribution in [0.5, 0.6) is 0 Å². The van der Waals surface area contributed by atoms with E-state index in [2.05, 4.69) is 16.0 Å². The van der Waals surface area contributed by atoms with E-state index in [0.717, 1.165) is 11.1 Å². The average Bonchev–Trinajstić information content (AvgIpc) is 2.93. The molecule has 0 spiro atoms.